The molecule has 3 saturated heterocycles. The Labute approximate surface area is 399 Å². The van der Waals surface area contributed by atoms with Gasteiger partial charge in [0, 0.05) is 43.3 Å². The fourth-order valence-corrected chi connectivity index (χ4v) is 11.0. The van der Waals surface area contributed by atoms with Gasteiger partial charge in [0.05, 0.1) is 30.4 Å². The minimum absolute atomic E-state index is 0.0158. The van der Waals surface area contributed by atoms with Gasteiger partial charge in [0.1, 0.15) is 11.6 Å². The molecule has 3 fully saturated rings. The number of sulfonamides is 1. The van der Waals surface area contributed by atoms with Gasteiger partial charge in [-0.1, -0.05) is 134 Å². The third-order valence-corrected chi connectivity index (χ3v) is 15.3. The monoisotopic (exact) mass is 933 g/mol. The number of ether oxygens (including phenoxy) is 2. The van der Waals surface area contributed by atoms with Crippen molar-refractivity contribution >= 4 is 27.5 Å². The van der Waals surface area contributed by atoms with Gasteiger partial charge in [0.15, 0.2) is 6.29 Å². The molecular formula is C55H59N5O7S. The molecule has 68 heavy (non-hydrogen) atoms. The number of rotatable bonds is 15. The normalized spacial score (nSPS) is 21.0. The number of aliphatic hydroxyl groups is 1. The number of aryl methyl sites for hydroxylation is 1. The molecule has 3 heterocycles. The molecule has 4 N–H and O–H groups in total. The van der Waals surface area contributed by atoms with Crippen LogP contribution in [0.1, 0.15) is 65.5 Å². The van der Waals surface area contributed by atoms with E-state index in [1.807, 2.05) is 122 Å². The van der Waals surface area contributed by atoms with E-state index in [1.54, 1.807) is 24.3 Å². The number of carbonyl (C=O) groups is 2. The van der Waals surface area contributed by atoms with Gasteiger partial charge in [-0.2, -0.15) is 4.72 Å². The average molecular weight is 934 g/mol. The van der Waals surface area contributed by atoms with Gasteiger partial charge in [-0.15, -0.1) is 0 Å². The van der Waals surface area contributed by atoms with E-state index in [9.17, 15) is 23.1 Å². The van der Waals surface area contributed by atoms with E-state index >= 15 is 0 Å². The van der Waals surface area contributed by atoms with E-state index in [2.05, 4.69) is 50.3 Å². The van der Waals surface area contributed by atoms with Gasteiger partial charge >= 0.3 is 0 Å². The van der Waals surface area contributed by atoms with Crippen LogP contribution in [0.15, 0.2) is 163 Å². The number of hydrogen-bond acceptors (Lipinski definition) is 9. The molecule has 0 saturated carbocycles. The molecule has 0 radical (unpaired) electrons. The van der Waals surface area contributed by atoms with E-state index in [-0.39, 0.29) is 48.5 Å². The number of amides is 2. The van der Waals surface area contributed by atoms with Crippen LogP contribution in [0.5, 0.6) is 0 Å². The Morgan fingerprint density at radius 3 is 2.15 bits per heavy atom. The summed E-state index contributed by atoms with van der Waals surface area (Å²) in [5.41, 5.74) is 7.62. The Hall–Kier alpha value is -6.19. The number of anilines is 1. The van der Waals surface area contributed by atoms with Crippen molar-refractivity contribution in [1.29, 1.82) is 0 Å². The highest BCUT2D eigenvalue weighted by atomic mass is 32.2. The number of nitrogens with one attached hydrogen (secondary N) is 3. The zero-order chi connectivity index (χ0) is 47.3. The van der Waals surface area contributed by atoms with Gasteiger partial charge in [-0.25, -0.2) is 8.42 Å². The maximum absolute atomic E-state index is 13.8. The van der Waals surface area contributed by atoms with Gasteiger partial charge in [0.2, 0.25) is 21.8 Å². The van der Waals surface area contributed by atoms with Crippen LogP contribution in [-0.2, 0) is 48.7 Å². The molecule has 6 aromatic carbocycles. The first-order valence-corrected chi connectivity index (χ1v) is 24.9. The molecule has 0 aromatic heterocycles. The van der Waals surface area contributed by atoms with Crippen LogP contribution in [0.4, 0.5) is 5.69 Å². The Morgan fingerprint density at radius 2 is 1.44 bits per heavy atom. The van der Waals surface area contributed by atoms with Crippen LogP contribution in [-0.4, -0.2) is 74.2 Å². The second-order valence-corrected chi connectivity index (χ2v) is 20.0. The van der Waals surface area contributed by atoms with Crippen LogP contribution in [0.2, 0.25) is 0 Å². The van der Waals surface area contributed by atoms with E-state index in [0.717, 1.165) is 63.3 Å². The van der Waals surface area contributed by atoms with Crippen molar-refractivity contribution < 1.29 is 32.6 Å². The van der Waals surface area contributed by atoms with Crippen LogP contribution in [0, 0.1) is 12.8 Å². The smallest absolute Gasteiger partial charge is 0.247 e. The number of benzene rings is 6. The first-order chi connectivity index (χ1) is 33.0. The molecule has 0 unspecified atom stereocenters. The van der Waals surface area contributed by atoms with Crippen LogP contribution < -0.4 is 20.3 Å². The fraction of sp³-hybridized carbons (Fsp3) is 0.309. The van der Waals surface area contributed by atoms with Gasteiger partial charge < -0.3 is 35.0 Å². The lowest BCUT2D eigenvalue weighted by molar-refractivity contribution is -0.276. The van der Waals surface area contributed by atoms with Crippen molar-refractivity contribution in [3.8, 4) is 11.1 Å². The second kappa shape index (κ2) is 20.6. The number of piperidine rings is 1. The first-order valence-electron chi connectivity index (χ1n) is 23.4. The lowest BCUT2D eigenvalue weighted by Crippen LogP contribution is -2.57. The molecule has 352 valence electrons. The van der Waals surface area contributed by atoms with Crippen molar-refractivity contribution in [3.63, 3.8) is 0 Å². The quantitative estimate of drug-likeness (QED) is 0.0818. The summed E-state index contributed by atoms with van der Waals surface area (Å²) in [7, 11) is -3.99. The summed E-state index contributed by atoms with van der Waals surface area (Å²) in [4.78, 5) is 32.0. The molecule has 3 aliphatic rings. The number of aliphatic hydroxyl groups excluding tert-OH is 1. The minimum Gasteiger partial charge on any atom is -0.392 e. The topological polar surface area (TPSA) is 150 Å². The van der Waals surface area contributed by atoms with Crippen molar-refractivity contribution in [2.45, 2.75) is 81.2 Å². The van der Waals surface area contributed by atoms with Crippen molar-refractivity contribution in [2.75, 3.05) is 31.2 Å². The molecule has 5 atom stereocenters. The van der Waals surface area contributed by atoms with E-state index in [0.29, 0.717) is 26.1 Å². The molecule has 6 aromatic rings. The molecule has 12 nitrogen and oxygen atoms in total. The summed E-state index contributed by atoms with van der Waals surface area (Å²) in [6.45, 7) is 6.85. The maximum atomic E-state index is 13.8. The summed E-state index contributed by atoms with van der Waals surface area (Å²) in [5.74, 6) is -0.363. The van der Waals surface area contributed by atoms with Gasteiger partial charge in [-0.3, -0.25) is 9.59 Å². The van der Waals surface area contributed by atoms with Gasteiger partial charge in [-0.05, 0) is 96.0 Å². The highest BCUT2D eigenvalue weighted by Crippen LogP contribution is 2.43. The van der Waals surface area contributed by atoms with Crippen LogP contribution in [0.25, 0.3) is 11.1 Å². The summed E-state index contributed by atoms with van der Waals surface area (Å²) in [6.07, 6.45) is 0.404. The van der Waals surface area contributed by atoms with E-state index < -0.39 is 33.8 Å². The largest absolute Gasteiger partial charge is 0.392 e. The fourth-order valence-electron chi connectivity index (χ4n) is 9.77. The summed E-state index contributed by atoms with van der Waals surface area (Å²) < 4.78 is 43.4. The Bertz CT molecular complexity index is 2790. The van der Waals surface area contributed by atoms with Crippen molar-refractivity contribution in [3.05, 3.63) is 191 Å². The Kier molecular flexibility index (Phi) is 14.2. The number of para-hydroxylation sites is 1. The lowest BCUT2D eigenvalue weighted by Gasteiger charge is -2.46. The van der Waals surface area contributed by atoms with Crippen LogP contribution >= 0.6 is 0 Å². The second-order valence-electron chi connectivity index (χ2n) is 18.3. The number of hydrogen-bond donors (Lipinski definition) is 4. The Morgan fingerprint density at radius 1 is 0.779 bits per heavy atom. The molecule has 0 bridgehead atoms. The molecule has 9 rings (SSSR count). The maximum Gasteiger partial charge on any atom is 0.247 e. The van der Waals surface area contributed by atoms with Crippen LogP contribution in [0.3, 0.4) is 0 Å². The van der Waals surface area contributed by atoms with Crippen molar-refractivity contribution in [1.82, 2.24) is 20.3 Å². The number of nitrogens with zero attached hydrogens (tertiary/aromatic N) is 2. The zero-order valence-corrected chi connectivity index (χ0v) is 39.3. The highest BCUT2D eigenvalue weighted by molar-refractivity contribution is 7.89. The lowest BCUT2D eigenvalue weighted by atomic mass is 9.84. The molecule has 3 aliphatic heterocycles. The predicted molar refractivity (Wildman–Crippen MR) is 262 cm³/mol. The molecule has 0 aliphatic carbocycles. The highest BCUT2D eigenvalue weighted by Gasteiger charge is 2.51. The number of likely N-dealkylation sites (tertiary alicyclic amines) is 1. The summed E-state index contributed by atoms with van der Waals surface area (Å²) in [6, 6.07) is 49.0. The van der Waals surface area contributed by atoms with E-state index in [1.165, 1.54) is 0 Å². The third kappa shape index (κ3) is 10.4. The minimum atomic E-state index is -3.99. The SMILES string of the molecule is Cc1ccc(S(=O)(=O)N[C@H](Cc2ccccc2)C(=O)NCc2cccc(-c3cccc([C@H]4O[C@@H](CN5CCC6(CC5)C(=O)NCN6c5ccccc5)[C@@H](C)[C@@H](c5ccc(CO)cc5)O4)c3)c2)cc1. The van der Waals surface area contributed by atoms with Gasteiger partial charge in [0.25, 0.3) is 0 Å². The summed E-state index contributed by atoms with van der Waals surface area (Å²) in [5, 5.41) is 15.9. The predicted octanol–water partition coefficient (Wildman–Crippen LogP) is 7.58. The average Bonchev–Trinajstić information content (AvgIpc) is 3.68. The standard InChI is InChI=1S/C55H59N5O7S/c1-38-19-25-48(26-20-38)68(64,65)58-49(32-40-11-5-3-6-12-40)52(62)56-34-42-13-9-14-44(31-42)45-15-10-16-46(33-45)53-66-50(39(2)51(67-53)43-23-21-41(36-61)22-24-43)35-59-29-27-55(28-30-59)54(63)57-37-60(55)47-17-7-4-8-18-47/h3-26,31,33,39,49-51,53,58,61H,27-30,32,34-37H2,1-2H3,(H,56,62)(H,57,63)/t39-,49-,50+,51+,53+/m1/s1. The van der Waals surface area contributed by atoms with E-state index in [4.69, 9.17) is 9.47 Å². The zero-order valence-electron chi connectivity index (χ0n) is 38.5. The number of carbonyl (C=O) groups excluding carboxylic acids is 2. The summed E-state index contributed by atoms with van der Waals surface area (Å²) >= 11 is 0. The first kappa shape index (κ1) is 46.9. The molecule has 13 heteroatoms. The molecule has 2 amide bonds. The van der Waals surface area contributed by atoms with Crippen molar-refractivity contribution in [2.24, 2.45) is 5.92 Å². The Balaban J connectivity index is 0.908. The molecule has 1 spiro atoms. The third-order valence-electron chi connectivity index (χ3n) is 13.8. The molecular weight excluding hydrogens is 875 g/mol.